The number of phosphoric ester groups is 1. The van der Waals surface area contributed by atoms with Gasteiger partial charge in [-0.05, 0) is 18.6 Å². The molecule has 8 heteroatoms. The molecule has 1 aromatic rings. The lowest BCUT2D eigenvalue weighted by Crippen LogP contribution is -2.11. The average molecular weight is 259 g/mol. The molecule has 1 aliphatic rings. The molecule has 0 N–H and O–H groups in total. The Morgan fingerprint density at radius 1 is 1.24 bits per heavy atom. The van der Waals surface area contributed by atoms with E-state index in [4.69, 9.17) is 13.6 Å². The van der Waals surface area contributed by atoms with Crippen LogP contribution in [0, 0.1) is 10.1 Å². The Bertz CT molecular complexity index is 449. The molecule has 1 saturated heterocycles. The van der Waals surface area contributed by atoms with Gasteiger partial charge in [-0.3, -0.25) is 19.2 Å². The Kier molecular flexibility index (Phi) is 3.42. The van der Waals surface area contributed by atoms with E-state index in [0.717, 1.165) is 0 Å². The number of hydrogen-bond donors (Lipinski definition) is 0. The number of nitrogens with zero attached hydrogens (tertiary/aromatic N) is 1. The quantitative estimate of drug-likeness (QED) is 0.470. The zero-order chi connectivity index (χ0) is 12.3. The zero-order valence-electron chi connectivity index (χ0n) is 8.77. The maximum atomic E-state index is 11.8. The lowest BCUT2D eigenvalue weighted by atomic mass is 10.3. The Labute approximate surface area is 97.1 Å². The molecule has 0 radical (unpaired) electrons. The lowest BCUT2D eigenvalue weighted by molar-refractivity contribution is -0.384. The number of hydrogen-bond acceptors (Lipinski definition) is 6. The van der Waals surface area contributed by atoms with Crippen molar-refractivity contribution in [1.82, 2.24) is 0 Å². The summed E-state index contributed by atoms with van der Waals surface area (Å²) in [6.07, 6.45) is 0.660. The molecule has 17 heavy (non-hydrogen) atoms. The number of rotatable bonds is 3. The minimum absolute atomic E-state index is 0.0684. The van der Waals surface area contributed by atoms with Gasteiger partial charge in [0.15, 0.2) is 0 Å². The predicted octanol–water partition coefficient (Wildman–Crippen LogP) is 2.52. The van der Waals surface area contributed by atoms with Gasteiger partial charge < -0.3 is 4.52 Å². The van der Waals surface area contributed by atoms with Gasteiger partial charge in [0.2, 0.25) is 0 Å². The van der Waals surface area contributed by atoms with E-state index in [2.05, 4.69) is 0 Å². The van der Waals surface area contributed by atoms with Crippen molar-refractivity contribution in [2.24, 2.45) is 0 Å². The molecule has 7 nitrogen and oxygen atoms in total. The van der Waals surface area contributed by atoms with E-state index >= 15 is 0 Å². The SMILES string of the molecule is O=[N+]([O-])c1ccc(OP2(=O)OCCCO2)cc1. The number of non-ortho nitro benzene ring substituents is 1. The third-order valence-corrected chi connectivity index (χ3v) is 3.48. The van der Waals surface area contributed by atoms with Gasteiger partial charge in [0.25, 0.3) is 5.69 Å². The predicted molar refractivity (Wildman–Crippen MR) is 57.9 cm³/mol. The second-order valence-electron chi connectivity index (χ2n) is 3.31. The largest absolute Gasteiger partial charge is 0.530 e. The van der Waals surface area contributed by atoms with Crippen LogP contribution < -0.4 is 4.52 Å². The highest BCUT2D eigenvalue weighted by Crippen LogP contribution is 2.51. The number of nitro benzene ring substituents is 1. The first-order valence-electron chi connectivity index (χ1n) is 4.92. The standard InChI is InChI=1S/C9H10NO6P/c11-10(12)8-2-4-9(5-3-8)16-17(13)14-6-1-7-15-17/h2-5H,1,6-7H2. The van der Waals surface area contributed by atoms with E-state index in [0.29, 0.717) is 19.6 Å². The highest BCUT2D eigenvalue weighted by Gasteiger charge is 2.31. The monoisotopic (exact) mass is 259 g/mol. The summed E-state index contributed by atoms with van der Waals surface area (Å²) < 4.78 is 26.7. The first-order chi connectivity index (χ1) is 8.09. The molecule has 0 bridgehead atoms. The molecular formula is C9H10NO6P. The van der Waals surface area contributed by atoms with Crippen LogP contribution in [-0.2, 0) is 13.6 Å². The Balaban J connectivity index is 2.08. The Morgan fingerprint density at radius 2 is 1.82 bits per heavy atom. The molecule has 1 aromatic carbocycles. The van der Waals surface area contributed by atoms with Crippen molar-refractivity contribution in [2.45, 2.75) is 6.42 Å². The molecule has 1 aliphatic heterocycles. The second kappa shape index (κ2) is 4.83. The van der Waals surface area contributed by atoms with Crippen molar-refractivity contribution < 1.29 is 23.1 Å². The van der Waals surface area contributed by atoms with Crippen LogP contribution in [0.4, 0.5) is 5.69 Å². The molecule has 1 fully saturated rings. The van der Waals surface area contributed by atoms with Crippen LogP contribution in [0.5, 0.6) is 5.75 Å². The van der Waals surface area contributed by atoms with Crippen LogP contribution in [0.1, 0.15) is 6.42 Å². The van der Waals surface area contributed by atoms with E-state index < -0.39 is 12.7 Å². The lowest BCUT2D eigenvalue weighted by Gasteiger charge is -2.21. The van der Waals surface area contributed by atoms with E-state index in [-0.39, 0.29) is 11.4 Å². The van der Waals surface area contributed by atoms with Crippen molar-refractivity contribution in [3.05, 3.63) is 34.4 Å². The van der Waals surface area contributed by atoms with Gasteiger partial charge in [-0.1, -0.05) is 0 Å². The molecule has 1 heterocycles. The summed E-state index contributed by atoms with van der Waals surface area (Å²) in [5, 5.41) is 10.4. The number of phosphoric acid groups is 1. The van der Waals surface area contributed by atoms with Gasteiger partial charge in [-0.15, -0.1) is 0 Å². The van der Waals surface area contributed by atoms with E-state index in [1.807, 2.05) is 0 Å². The van der Waals surface area contributed by atoms with Crippen LogP contribution in [-0.4, -0.2) is 18.1 Å². The molecule has 0 saturated carbocycles. The first-order valence-corrected chi connectivity index (χ1v) is 6.38. The average Bonchev–Trinajstić information content (AvgIpc) is 2.30. The van der Waals surface area contributed by atoms with E-state index in [1.165, 1.54) is 24.3 Å². The summed E-state index contributed by atoms with van der Waals surface area (Å²) >= 11 is 0. The van der Waals surface area contributed by atoms with Crippen LogP contribution in [0.3, 0.4) is 0 Å². The normalized spacial score (nSPS) is 18.6. The first kappa shape index (κ1) is 12.0. The summed E-state index contributed by atoms with van der Waals surface area (Å²) in [6.45, 7) is 0.620. The Hall–Kier alpha value is -1.43. The van der Waals surface area contributed by atoms with Gasteiger partial charge in [-0.25, -0.2) is 4.57 Å². The van der Waals surface area contributed by atoms with Gasteiger partial charge in [0.05, 0.1) is 18.1 Å². The van der Waals surface area contributed by atoms with Crippen molar-refractivity contribution in [3.63, 3.8) is 0 Å². The summed E-state index contributed by atoms with van der Waals surface area (Å²) in [5.74, 6) is 0.209. The smallest absolute Gasteiger partial charge is 0.404 e. The van der Waals surface area contributed by atoms with Gasteiger partial charge in [0, 0.05) is 12.1 Å². The third-order valence-electron chi connectivity index (χ3n) is 2.05. The molecule has 0 aromatic heterocycles. The van der Waals surface area contributed by atoms with Crippen molar-refractivity contribution in [2.75, 3.05) is 13.2 Å². The maximum absolute atomic E-state index is 11.8. The van der Waals surface area contributed by atoms with E-state index in [9.17, 15) is 14.7 Å². The van der Waals surface area contributed by atoms with Crippen LogP contribution >= 0.6 is 7.82 Å². The fourth-order valence-corrected chi connectivity index (χ4v) is 2.52. The third kappa shape index (κ3) is 3.03. The summed E-state index contributed by atoms with van der Waals surface area (Å²) in [6, 6.07) is 5.20. The minimum atomic E-state index is -3.54. The van der Waals surface area contributed by atoms with Crippen molar-refractivity contribution in [1.29, 1.82) is 0 Å². The topological polar surface area (TPSA) is 87.9 Å². The molecule has 0 aliphatic carbocycles. The zero-order valence-corrected chi connectivity index (χ0v) is 9.67. The fourth-order valence-electron chi connectivity index (χ4n) is 1.26. The molecule has 2 rings (SSSR count). The van der Waals surface area contributed by atoms with Gasteiger partial charge >= 0.3 is 7.82 Å². The summed E-state index contributed by atoms with van der Waals surface area (Å²) in [7, 11) is -3.54. The second-order valence-corrected chi connectivity index (χ2v) is 4.90. The van der Waals surface area contributed by atoms with Crippen molar-refractivity contribution in [3.8, 4) is 5.75 Å². The van der Waals surface area contributed by atoms with Crippen LogP contribution in [0.15, 0.2) is 24.3 Å². The molecule has 0 atom stereocenters. The highest BCUT2D eigenvalue weighted by molar-refractivity contribution is 7.49. The molecule has 0 spiro atoms. The molecule has 0 unspecified atom stereocenters. The van der Waals surface area contributed by atoms with Gasteiger partial charge in [-0.2, -0.15) is 0 Å². The maximum Gasteiger partial charge on any atom is 0.530 e. The van der Waals surface area contributed by atoms with Crippen LogP contribution in [0.25, 0.3) is 0 Å². The number of nitro groups is 1. The van der Waals surface area contributed by atoms with Gasteiger partial charge in [0.1, 0.15) is 5.75 Å². The summed E-state index contributed by atoms with van der Waals surface area (Å²) in [4.78, 5) is 9.90. The number of benzene rings is 1. The fraction of sp³-hybridized carbons (Fsp3) is 0.333. The van der Waals surface area contributed by atoms with Crippen LogP contribution in [0.2, 0.25) is 0 Å². The van der Waals surface area contributed by atoms with Crippen molar-refractivity contribution >= 4 is 13.5 Å². The Morgan fingerprint density at radius 3 is 2.35 bits per heavy atom. The molecule has 0 amide bonds. The minimum Gasteiger partial charge on any atom is -0.404 e. The highest BCUT2D eigenvalue weighted by atomic mass is 31.2. The van der Waals surface area contributed by atoms with E-state index in [1.54, 1.807) is 0 Å². The summed E-state index contributed by atoms with van der Waals surface area (Å²) in [5.41, 5.74) is -0.0684. The molecular weight excluding hydrogens is 249 g/mol. The molecule has 92 valence electrons.